The normalized spacial score (nSPS) is 20.5. The van der Waals surface area contributed by atoms with E-state index in [1.165, 1.54) is 44.8 Å². The van der Waals surface area contributed by atoms with Crippen LogP contribution in [0.3, 0.4) is 0 Å². The lowest BCUT2D eigenvalue weighted by Crippen LogP contribution is -2.34. The number of halogens is 2. The van der Waals surface area contributed by atoms with E-state index < -0.39 is 0 Å². The molecule has 2 aliphatic heterocycles. The zero-order valence-electron chi connectivity index (χ0n) is 19.3. The van der Waals surface area contributed by atoms with E-state index in [4.69, 9.17) is 4.99 Å². The van der Waals surface area contributed by atoms with Crippen molar-refractivity contribution in [2.45, 2.75) is 32.2 Å². The largest absolute Gasteiger partial charge is 0.308 e. The lowest BCUT2D eigenvalue weighted by atomic mass is 9.83. The molecule has 2 nitrogen and oxygen atoms in total. The molecular weight excluding hydrogens is 580 g/mol. The van der Waals surface area contributed by atoms with E-state index in [1.54, 1.807) is 11.8 Å². The highest BCUT2D eigenvalue weighted by Crippen LogP contribution is 2.51. The van der Waals surface area contributed by atoms with E-state index in [0.29, 0.717) is 0 Å². The number of hydrogen-bond acceptors (Lipinski definition) is 3. The zero-order valence-corrected chi connectivity index (χ0v) is 23.3. The molecule has 1 unspecified atom stereocenters. The summed E-state index contributed by atoms with van der Waals surface area (Å²) in [6, 6.07) is 26.3. The van der Waals surface area contributed by atoms with E-state index in [1.807, 2.05) is 0 Å². The van der Waals surface area contributed by atoms with Crippen LogP contribution in [-0.2, 0) is 0 Å². The third-order valence-corrected chi connectivity index (χ3v) is 8.68. The summed E-state index contributed by atoms with van der Waals surface area (Å²) in [6.07, 6.45) is 5.59. The number of benzene rings is 3. The molecule has 174 valence electrons. The van der Waals surface area contributed by atoms with Crippen molar-refractivity contribution in [3.8, 4) is 0 Å². The van der Waals surface area contributed by atoms with Crippen molar-refractivity contribution in [1.29, 1.82) is 0 Å². The first-order valence-corrected chi connectivity index (χ1v) is 14.3. The predicted molar refractivity (Wildman–Crippen MR) is 156 cm³/mol. The number of rotatable bonds is 3. The Morgan fingerprint density at radius 2 is 1.57 bits per heavy atom. The van der Waals surface area contributed by atoms with E-state index in [0.717, 1.165) is 33.4 Å². The Labute approximate surface area is 227 Å². The van der Waals surface area contributed by atoms with Gasteiger partial charge in [-0.3, -0.25) is 0 Å². The predicted octanol–water partition coefficient (Wildman–Crippen LogP) is 9.50. The zero-order chi connectivity index (χ0) is 23.9. The minimum atomic E-state index is 0.141. The Hall–Kier alpha value is -2.34. The molecule has 2 heterocycles. The second-order valence-electron chi connectivity index (χ2n) is 9.15. The molecule has 3 aliphatic rings. The first kappa shape index (κ1) is 23.1. The van der Waals surface area contributed by atoms with Crippen molar-refractivity contribution in [2.24, 2.45) is 4.99 Å². The van der Waals surface area contributed by atoms with Crippen LogP contribution in [0, 0.1) is 6.92 Å². The molecule has 0 fully saturated rings. The number of hydrogen-bond donors (Lipinski definition) is 0. The van der Waals surface area contributed by atoms with E-state index >= 15 is 0 Å². The summed E-state index contributed by atoms with van der Waals surface area (Å²) in [5.74, 6) is 0. The van der Waals surface area contributed by atoms with E-state index in [2.05, 4.69) is 128 Å². The number of allylic oxidation sites excluding steroid dienone is 1. The van der Waals surface area contributed by atoms with Crippen molar-refractivity contribution in [3.63, 3.8) is 0 Å². The second kappa shape index (κ2) is 9.61. The van der Waals surface area contributed by atoms with Crippen LogP contribution in [0.1, 0.15) is 47.6 Å². The molecule has 1 atom stereocenters. The number of nitrogens with zero attached hydrogens (tertiary/aromatic N) is 2. The Balaban J connectivity index is 1.48. The summed E-state index contributed by atoms with van der Waals surface area (Å²) < 4.78 is 2.20. The molecule has 6 rings (SSSR count). The highest BCUT2D eigenvalue weighted by atomic mass is 79.9. The maximum atomic E-state index is 5.29. The van der Waals surface area contributed by atoms with Gasteiger partial charge in [-0.2, -0.15) is 0 Å². The van der Waals surface area contributed by atoms with Gasteiger partial charge in [0.1, 0.15) is 0 Å². The van der Waals surface area contributed by atoms with Crippen molar-refractivity contribution < 1.29 is 0 Å². The number of fused-ring (bicyclic) bond motifs is 1. The molecule has 0 spiro atoms. The van der Waals surface area contributed by atoms with Gasteiger partial charge in [-0.05, 0) is 84.4 Å². The van der Waals surface area contributed by atoms with Crippen LogP contribution < -0.4 is 0 Å². The summed E-state index contributed by atoms with van der Waals surface area (Å²) in [5, 5.41) is 3.34. The summed E-state index contributed by atoms with van der Waals surface area (Å²) in [5.41, 5.74) is 10.2. The highest BCUT2D eigenvalue weighted by Gasteiger charge is 2.40. The molecule has 3 aromatic rings. The average molecular weight is 604 g/mol. The SMILES string of the molecule is Cc1ccc(C2=CSC3=NC4=C(CCCC4=Cc4ccc(Br)cc4)C(c4ccc(Br)cc4)N23)cc1. The molecule has 0 amide bonds. The van der Waals surface area contributed by atoms with Crippen LogP contribution in [0.2, 0.25) is 0 Å². The van der Waals surface area contributed by atoms with Gasteiger partial charge < -0.3 is 4.90 Å². The van der Waals surface area contributed by atoms with Gasteiger partial charge in [-0.1, -0.05) is 97.7 Å². The molecule has 0 saturated heterocycles. The lowest BCUT2D eigenvalue weighted by Gasteiger charge is -2.40. The molecule has 0 N–H and O–H groups in total. The van der Waals surface area contributed by atoms with Crippen molar-refractivity contribution in [3.05, 3.63) is 126 Å². The number of aryl methyl sites for hydroxylation is 1. The molecule has 0 radical (unpaired) electrons. The van der Waals surface area contributed by atoms with Crippen molar-refractivity contribution >= 4 is 60.6 Å². The Bertz CT molecular complexity index is 1400. The van der Waals surface area contributed by atoms with Gasteiger partial charge in [0.2, 0.25) is 0 Å². The third-order valence-electron chi connectivity index (χ3n) is 6.78. The summed E-state index contributed by atoms with van der Waals surface area (Å²) in [7, 11) is 0. The van der Waals surface area contributed by atoms with E-state index in [9.17, 15) is 0 Å². The Morgan fingerprint density at radius 3 is 2.29 bits per heavy atom. The molecular formula is C30H24Br2N2S. The maximum absolute atomic E-state index is 5.29. The molecule has 0 bridgehead atoms. The fourth-order valence-electron chi connectivity index (χ4n) is 5.06. The molecule has 1 aliphatic carbocycles. The smallest absolute Gasteiger partial charge is 0.174 e. The van der Waals surface area contributed by atoms with Crippen molar-refractivity contribution in [2.75, 3.05) is 0 Å². The van der Waals surface area contributed by atoms with Crippen LogP contribution in [0.15, 0.2) is 109 Å². The van der Waals surface area contributed by atoms with Crippen molar-refractivity contribution in [1.82, 2.24) is 4.90 Å². The summed E-state index contributed by atoms with van der Waals surface area (Å²) in [4.78, 5) is 7.75. The summed E-state index contributed by atoms with van der Waals surface area (Å²) >= 11 is 8.92. The van der Waals surface area contributed by atoms with Crippen LogP contribution in [-0.4, -0.2) is 10.1 Å². The van der Waals surface area contributed by atoms with Gasteiger partial charge in [0.05, 0.1) is 17.4 Å². The minimum Gasteiger partial charge on any atom is -0.308 e. The quantitative estimate of drug-likeness (QED) is 0.296. The number of thioether (sulfide) groups is 1. The molecule has 3 aromatic carbocycles. The standard InChI is InChI=1S/C30H24Br2N2S/c1-19-5-9-21(10-6-19)27-18-35-30-33-28-23(17-20-7-13-24(31)14-8-20)3-2-4-26(28)29(34(27)30)22-11-15-25(32)16-12-22/h5-18,29H,2-4H2,1H3. The summed E-state index contributed by atoms with van der Waals surface area (Å²) in [6.45, 7) is 2.14. The van der Waals surface area contributed by atoms with Gasteiger partial charge in [-0.25, -0.2) is 4.99 Å². The van der Waals surface area contributed by atoms with E-state index in [-0.39, 0.29) is 6.04 Å². The maximum Gasteiger partial charge on any atom is 0.174 e. The van der Waals surface area contributed by atoms with Crippen LogP contribution >= 0.6 is 43.6 Å². The third kappa shape index (κ3) is 4.50. The second-order valence-corrected chi connectivity index (χ2v) is 11.8. The average Bonchev–Trinajstić information content (AvgIpc) is 3.29. The molecule has 0 aromatic heterocycles. The Kier molecular flexibility index (Phi) is 6.34. The molecule has 5 heteroatoms. The van der Waals surface area contributed by atoms with Gasteiger partial charge >= 0.3 is 0 Å². The van der Waals surface area contributed by atoms with Crippen LogP contribution in [0.5, 0.6) is 0 Å². The first-order chi connectivity index (χ1) is 17.1. The van der Waals surface area contributed by atoms with Gasteiger partial charge in [0, 0.05) is 14.4 Å². The molecule has 0 saturated carbocycles. The Morgan fingerprint density at radius 1 is 0.886 bits per heavy atom. The molecule has 35 heavy (non-hydrogen) atoms. The van der Waals surface area contributed by atoms with Crippen LogP contribution in [0.25, 0.3) is 11.8 Å². The van der Waals surface area contributed by atoms with Gasteiger partial charge in [-0.15, -0.1) is 0 Å². The minimum absolute atomic E-state index is 0.141. The van der Waals surface area contributed by atoms with Gasteiger partial charge in [0.25, 0.3) is 0 Å². The topological polar surface area (TPSA) is 15.6 Å². The fraction of sp³-hybridized carbons (Fsp3) is 0.167. The monoisotopic (exact) mass is 602 g/mol. The lowest BCUT2D eigenvalue weighted by molar-refractivity contribution is 0.458. The first-order valence-electron chi connectivity index (χ1n) is 11.8. The number of amidine groups is 1. The highest BCUT2D eigenvalue weighted by molar-refractivity contribution is 9.10. The van der Waals surface area contributed by atoms with Gasteiger partial charge in [0.15, 0.2) is 5.17 Å². The fourth-order valence-corrected chi connectivity index (χ4v) is 6.51. The van der Waals surface area contributed by atoms with Crippen LogP contribution in [0.4, 0.5) is 0 Å². The number of aliphatic imine (C=N–C) groups is 1.